The maximum Gasteiger partial charge on any atom is 0.0748 e. The Morgan fingerprint density at radius 1 is 1.23 bits per heavy atom. The third-order valence-corrected chi connectivity index (χ3v) is 1.61. The van der Waals surface area contributed by atoms with Gasteiger partial charge in [-0.05, 0) is 13.3 Å². The summed E-state index contributed by atoms with van der Waals surface area (Å²) >= 11 is 0. The van der Waals surface area contributed by atoms with Crippen molar-refractivity contribution in [3.05, 3.63) is 24.3 Å². The summed E-state index contributed by atoms with van der Waals surface area (Å²) in [5.74, 6) is 0. The minimum atomic E-state index is -0.641. The topological polar surface area (TPSA) is 60.7 Å². The average molecular weight is 186 g/mol. The van der Waals surface area contributed by atoms with Crippen LogP contribution in [0.15, 0.2) is 24.3 Å². The van der Waals surface area contributed by atoms with Crippen LogP contribution < -0.4 is 0 Å². The summed E-state index contributed by atoms with van der Waals surface area (Å²) in [6.45, 7) is 1.84. The summed E-state index contributed by atoms with van der Waals surface area (Å²) in [4.78, 5) is 0. The summed E-state index contributed by atoms with van der Waals surface area (Å²) in [5, 5.41) is 27.0. The molecule has 0 heterocycles. The van der Waals surface area contributed by atoms with E-state index in [4.69, 9.17) is 5.11 Å². The lowest BCUT2D eigenvalue weighted by atomic mass is 10.1. The molecule has 0 fully saturated rings. The van der Waals surface area contributed by atoms with E-state index in [0.717, 1.165) is 0 Å². The minimum absolute atomic E-state index is 0.0491. The molecule has 3 nitrogen and oxygen atoms in total. The normalized spacial score (nSPS) is 16.9. The molecular weight excluding hydrogens is 168 g/mol. The predicted octanol–water partition coefficient (Wildman–Crippen LogP) is 0.613. The standard InChI is InChI=1S/C10H18O3/c1-2-3-4-5-9(12)8-10(13)6-7-11/h2-5,9-13H,6-8H2,1H3/b3-2+,5-4+/t9-,10-/m0/s1. The number of aliphatic hydroxyl groups excluding tert-OH is 3. The Balaban J connectivity index is 3.66. The van der Waals surface area contributed by atoms with E-state index >= 15 is 0 Å². The highest BCUT2D eigenvalue weighted by molar-refractivity contribution is 5.03. The van der Waals surface area contributed by atoms with E-state index < -0.39 is 12.2 Å². The van der Waals surface area contributed by atoms with Crippen molar-refractivity contribution in [2.75, 3.05) is 6.61 Å². The average Bonchev–Trinajstić information content (AvgIpc) is 2.05. The maximum atomic E-state index is 9.31. The van der Waals surface area contributed by atoms with E-state index in [1.807, 2.05) is 19.1 Å². The van der Waals surface area contributed by atoms with Crippen molar-refractivity contribution in [3.63, 3.8) is 0 Å². The largest absolute Gasteiger partial charge is 0.396 e. The van der Waals surface area contributed by atoms with Gasteiger partial charge in [0.05, 0.1) is 12.2 Å². The van der Waals surface area contributed by atoms with Crippen LogP contribution in [0.4, 0.5) is 0 Å². The first-order chi connectivity index (χ1) is 6.20. The van der Waals surface area contributed by atoms with Gasteiger partial charge in [-0.15, -0.1) is 0 Å². The van der Waals surface area contributed by atoms with Crippen LogP contribution in [-0.2, 0) is 0 Å². The molecule has 0 amide bonds. The summed E-state index contributed by atoms with van der Waals surface area (Å²) in [5.41, 5.74) is 0. The number of hydrogen-bond donors (Lipinski definition) is 3. The van der Waals surface area contributed by atoms with Crippen LogP contribution in [0.25, 0.3) is 0 Å². The quantitative estimate of drug-likeness (QED) is 0.533. The Bertz CT molecular complexity index is 164. The fourth-order valence-corrected chi connectivity index (χ4v) is 0.928. The highest BCUT2D eigenvalue weighted by Gasteiger charge is 2.07. The molecule has 0 aromatic heterocycles. The lowest BCUT2D eigenvalue weighted by Crippen LogP contribution is -2.16. The van der Waals surface area contributed by atoms with Gasteiger partial charge in [0.2, 0.25) is 0 Å². The number of rotatable bonds is 6. The van der Waals surface area contributed by atoms with Crippen molar-refractivity contribution in [1.29, 1.82) is 0 Å². The highest BCUT2D eigenvalue weighted by Crippen LogP contribution is 2.03. The molecular formula is C10H18O3. The summed E-state index contributed by atoms with van der Waals surface area (Å²) in [6.07, 6.45) is 6.32. The summed E-state index contributed by atoms with van der Waals surface area (Å²) < 4.78 is 0. The van der Waals surface area contributed by atoms with Crippen LogP contribution in [0.5, 0.6) is 0 Å². The second-order valence-electron chi connectivity index (χ2n) is 2.88. The molecule has 0 radical (unpaired) electrons. The van der Waals surface area contributed by atoms with E-state index in [9.17, 15) is 10.2 Å². The van der Waals surface area contributed by atoms with Gasteiger partial charge in [-0.25, -0.2) is 0 Å². The van der Waals surface area contributed by atoms with Crippen LogP contribution in [0.3, 0.4) is 0 Å². The van der Waals surface area contributed by atoms with Crippen molar-refractivity contribution in [1.82, 2.24) is 0 Å². The Labute approximate surface area is 79.0 Å². The Kier molecular flexibility index (Phi) is 7.59. The molecule has 2 atom stereocenters. The molecule has 0 spiro atoms. The Morgan fingerprint density at radius 3 is 2.46 bits per heavy atom. The summed E-state index contributed by atoms with van der Waals surface area (Å²) in [6, 6.07) is 0. The van der Waals surface area contributed by atoms with Gasteiger partial charge in [-0.3, -0.25) is 0 Å². The van der Waals surface area contributed by atoms with Gasteiger partial charge in [0.15, 0.2) is 0 Å². The molecule has 13 heavy (non-hydrogen) atoms. The van der Waals surface area contributed by atoms with Gasteiger partial charge in [0.1, 0.15) is 0 Å². The molecule has 76 valence electrons. The molecule has 0 aliphatic heterocycles. The first-order valence-electron chi connectivity index (χ1n) is 4.47. The Hall–Kier alpha value is -0.640. The monoisotopic (exact) mass is 186 g/mol. The van der Waals surface area contributed by atoms with E-state index in [1.54, 1.807) is 12.2 Å². The molecule has 3 N–H and O–H groups in total. The van der Waals surface area contributed by atoms with Gasteiger partial charge < -0.3 is 15.3 Å². The summed E-state index contributed by atoms with van der Waals surface area (Å²) in [7, 11) is 0. The number of hydrogen-bond acceptors (Lipinski definition) is 3. The van der Waals surface area contributed by atoms with Crippen LogP contribution in [0.2, 0.25) is 0 Å². The number of allylic oxidation sites excluding steroid dienone is 3. The zero-order valence-corrected chi connectivity index (χ0v) is 7.93. The number of aliphatic hydroxyl groups is 3. The minimum Gasteiger partial charge on any atom is -0.396 e. The Morgan fingerprint density at radius 2 is 1.92 bits per heavy atom. The smallest absolute Gasteiger partial charge is 0.0748 e. The van der Waals surface area contributed by atoms with E-state index in [-0.39, 0.29) is 13.0 Å². The highest BCUT2D eigenvalue weighted by atomic mass is 16.3. The zero-order chi connectivity index (χ0) is 10.1. The van der Waals surface area contributed by atoms with Crippen molar-refractivity contribution < 1.29 is 15.3 Å². The predicted molar refractivity (Wildman–Crippen MR) is 52.3 cm³/mol. The molecule has 0 saturated heterocycles. The van der Waals surface area contributed by atoms with Gasteiger partial charge in [-0.1, -0.05) is 24.3 Å². The van der Waals surface area contributed by atoms with Crippen LogP contribution in [-0.4, -0.2) is 34.1 Å². The zero-order valence-electron chi connectivity index (χ0n) is 7.93. The lowest BCUT2D eigenvalue weighted by Gasteiger charge is -2.10. The first-order valence-corrected chi connectivity index (χ1v) is 4.47. The van der Waals surface area contributed by atoms with Crippen molar-refractivity contribution in [3.8, 4) is 0 Å². The van der Waals surface area contributed by atoms with E-state index in [1.165, 1.54) is 0 Å². The molecule has 3 heteroatoms. The SMILES string of the molecule is C/C=C/C=C/[C@H](O)C[C@@H](O)CCO. The van der Waals surface area contributed by atoms with Crippen LogP contribution in [0.1, 0.15) is 19.8 Å². The van der Waals surface area contributed by atoms with Crippen LogP contribution in [0, 0.1) is 0 Å². The van der Waals surface area contributed by atoms with Crippen molar-refractivity contribution >= 4 is 0 Å². The van der Waals surface area contributed by atoms with Gasteiger partial charge in [0, 0.05) is 13.0 Å². The van der Waals surface area contributed by atoms with Crippen molar-refractivity contribution in [2.45, 2.75) is 32.0 Å². The molecule has 0 aromatic rings. The maximum absolute atomic E-state index is 9.31. The third-order valence-electron chi connectivity index (χ3n) is 1.61. The molecule has 0 aromatic carbocycles. The molecule has 0 bridgehead atoms. The lowest BCUT2D eigenvalue weighted by molar-refractivity contribution is 0.0825. The molecule has 0 aliphatic rings. The van der Waals surface area contributed by atoms with E-state index in [0.29, 0.717) is 6.42 Å². The second-order valence-corrected chi connectivity index (χ2v) is 2.88. The molecule has 0 aliphatic carbocycles. The third kappa shape index (κ3) is 7.71. The molecule has 0 saturated carbocycles. The first kappa shape index (κ1) is 12.4. The van der Waals surface area contributed by atoms with Crippen LogP contribution >= 0.6 is 0 Å². The fourth-order valence-electron chi connectivity index (χ4n) is 0.928. The van der Waals surface area contributed by atoms with E-state index in [2.05, 4.69) is 0 Å². The molecule has 0 rings (SSSR count). The van der Waals surface area contributed by atoms with Gasteiger partial charge in [-0.2, -0.15) is 0 Å². The fraction of sp³-hybridized carbons (Fsp3) is 0.600. The van der Waals surface area contributed by atoms with Gasteiger partial charge >= 0.3 is 0 Å². The molecule has 0 unspecified atom stereocenters. The van der Waals surface area contributed by atoms with Crippen molar-refractivity contribution in [2.24, 2.45) is 0 Å². The second kappa shape index (κ2) is 7.98. The van der Waals surface area contributed by atoms with Gasteiger partial charge in [0.25, 0.3) is 0 Å².